The van der Waals surface area contributed by atoms with Crippen molar-refractivity contribution in [1.82, 2.24) is 10.2 Å². The zero-order valence-electron chi connectivity index (χ0n) is 9.82. The van der Waals surface area contributed by atoms with Gasteiger partial charge >= 0.3 is 0 Å². The zero-order chi connectivity index (χ0) is 12.0. The van der Waals surface area contributed by atoms with E-state index in [1.165, 1.54) is 18.4 Å². The molecule has 1 heterocycles. The van der Waals surface area contributed by atoms with Gasteiger partial charge in [-0.25, -0.2) is 0 Å². The van der Waals surface area contributed by atoms with Crippen LogP contribution in [0, 0.1) is 0 Å². The Labute approximate surface area is 99.2 Å². The predicted octanol–water partition coefficient (Wildman–Crippen LogP) is 2.03. The lowest BCUT2D eigenvalue weighted by molar-refractivity contribution is -0.119. The first-order valence-electron chi connectivity index (χ1n) is 5.33. The molecule has 1 amide bonds. The summed E-state index contributed by atoms with van der Waals surface area (Å²) in [6, 6.07) is 0. The van der Waals surface area contributed by atoms with Crippen molar-refractivity contribution in [3.05, 3.63) is 5.01 Å². The number of anilines is 1. The van der Waals surface area contributed by atoms with E-state index in [-0.39, 0.29) is 12.5 Å². The number of amides is 1. The second-order valence-corrected chi connectivity index (χ2v) is 4.45. The van der Waals surface area contributed by atoms with Crippen molar-refractivity contribution >= 4 is 22.4 Å². The lowest BCUT2D eigenvalue weighted by Gasteiger charge is -2.05. The largest absolute Gasteiger partial charge is 0.375 e. The van der Waals surface area contributed by atoms with Crippen molar-refractivity contribution in [2.75, 3.05) is 19.0 Å². The Balaban J connectivity index is 2.60. The first-order valence-corrected chi connectivity index (χ1v) is 6.15. The molecule has 0 radical (unpaired) electrons. The number of ether oxygens (including phenoxy) is 1. The van der Waals surface area contributed by atoms with Crippen LogP contribution in [0.15, 0.2) is 0 Å². The molecule has 90 valence electrons. The minimum Gasteiger partial charge on any atom is -0.375 e. The summed E-state index contributed by atoms with van der Waals surface area (Å²) in [5.41, 5.74) is 0. The van der Waals surface area contributed by atoms with Crippen molar-refractivity contribution in [3.8, 4) is 0 Å². The first kappa shape index (κ1) is 13.1. The summed E-state index contributed by atoms with van der Waals surface area (Å²) in [5, 5.41) is 12.2. The molecule has 0 saturated carbocycles. The van der Waals surface area contributed by atoms with Crippen LogP contribution >= 0.6 is 11.3 Å². The van der Waals surface area contributed by atoms with Gasteiger partial charge in [0.2, 0.25) is 5.13 Å². The molecule has 0 bridgehead atoms. The highest BCUT2D eigenvalue weighted by atomic mass is 32.1. The van der Waals surface area contributed by atoms with Gasteiger partial charge in [-0.15, -0.1) is 10.2 Å². The molecule has 0 spiro atoms. The van der Waals surface area contributed by atoms with Crippen LogP contribution in [0.5, 0.6) is 0 Å². The Morgan fingerprint density at radius 2 is 2.12 bits per heavy atom. The third-order valence-corrected chi connectivity index (χ3v) is 3.30. The van der Waals surface area contributed by atoms with Crippen LogP contribution in [0.3, 0.4) is 0 Å². The van der Waals surface area contributed by atoms with Gasteiger partial charge in [-0.05, 0) is 12.8 Å². The molecule has 0 unspecified atom stereocenters. The highest BCUT2D eigenvalue weighted by Crippen LogP contribution is 2.27. The number of rotatable bonds is 6. The first-order chi connectivity index (χ1) is 7.71. The molecular formula is C10H17N3O2S. The van der Waals surface area contributed by atoms with E-state index in [9.17, 15) is 4.79 Å². The molecule has 0 aromatic carbocycles. The molecule has 0 aliphatic carbocycles. The molecule has 1 rings (SSSR count). The van der Waals surface area contributed by atoms with Crippen LogP contribution in [0.2, 0.25) is 0 Å². The fourth-order valence-corrected chi connectivity index (χ4v) is 2.40. The molecular weight excluding hydrogens is 226 g/mol. The Kier molecular flexibility index (Phi) is 5.34. The van der Waals surface area contributed by atoms with Gasteiger partial charge in [0.05, 0.1) is 0 Å². The van der Waals surface area contributed by atoms with Crippen LogP contribution in [0.1, 0.15) is 37.6 Å². The number of nitrogens with zero attached hydrogens (tertiary/aromatic N) is 2. The maximum absolute atomic E-state index is 11.2. The smallest absolute Gasteiger partial charge is 0.252 e. The fraction of sp³-hybridized carbons (Fsp3) is 0.700. The summed E-state index contributed by atoms with van der Waals surface area (Å²) in [6.45, 7) is 4.29. The van der Waals surface area contributed by atoms with Gasteiger partial charge in [-0.3, -0.25) is 10.1 Å². The maximum Gasteiger partial charge on any atom is 0.252 e. The Hall–Kier alpha value is -1.01. The summed E-state index contributed by atoms with van der Waals surface area (Å²) in [4.78, 5) is 11.2. The van der Waals surface area contributed by atoms with Gasteiger partial charge in [0.15, 0.2) is 0 Å². The quantitative estimate of drug-likeness (QED) is 0.830. The minimum absolute atomic E-state index is 0.0416. The lowest BCUT2D eigenvalue weighted by atomic mass is 10.1. The molecule has 0 fully saturated rings. The van der Waals surface area contributed by atoms with Gasteiger partial charge in [0.1, 0.15) is 11.6 Å². The molecule has 0 saturated heterocycles. The van der Waals surface area contributed by atoms with E-state index < -0.39 is 0 Å². The molecule has 1 aromatic heterocycles. The molecule has 1 N–H and O–H groups in total. The van der Waals surface area contributed by atoms with E-state index in [2.05, 4.69) is 29.4 Å². The van der Waals surface area contributed by atoms with Crippen LogP contribution in [0.25, 0.3) is 0 Å². The van der Waals surface area contributed by atoms with Crippen molar-refractivity contribution in [3.63, 3.8) is 0 Å². The number of nitrogens with one attached hydrogen (secondary N) is 1. The Morgan fingerprint density at radius 3 is 2.69 bits per heavy atom. The van der Waals surface area contributed by atoms with E-state index in [1.807, 2.05) is 0 Å². The van der Waals surface area contributed by atoms with E-state index in [1.54, 1.807) is 0 Å². The molecule has 0 atom stereocenters. The van der Waals surface area contributed by atoms with E-state index in [0.717, 1.165) is 17.8 Å². The number of hydrogen-bond acceptors (Lipinski definition) is 5. The third kappa shape index (κ3) is 3.53. The van der Waals surface area contributed by atoms with Gasteiger partial charge < -0.3 is 4.74 Å². The van der Waals surface area contributed by atoms with Gasteiger partial charge in [-0.1, -0.05) is 25.2 Å². The predicted molar refractivity (Wildman–Crippen MR) is 63.7 cm³/mol. The van der Waals surface area contributed by atoms with Gasteiger partial charge in [0, 0.05) is 13.0 Å². The van der Waals surface area contributed by atoms with Crippen molar-refractivity contribution in [2.45, 2.75) is 32.6 Å². The van der Waals surface area contributed by atoms with Crippen LogP contribution < -0.4 is 5.32 Å². The van der Waals surface area contributed by atoms with E-state index in [0.29, 0.717) is 11.0 Å². The summed E-state index contributed by atoms with van der Waals surface area (Å²) < 4.78 is 4.72. The average Bonchev–Trinajstić information content (AvgIpc) is 2.68. The number of aromatic nitrogens is 2. The molecule has 6 heteroatoms. The van der Waals surface area contributed by atoms with E-state index in [4.69, 9.17) is 4.74 Å². The molecule has 0 aliphatic rings. The highest BCUT2D eigenvalue weighted by Gasteiger charge is 2.14. The maximum atomic E-state index is 11.2. The standard InChI is InChI=1S/C10H17N3O2S/c1-4-7(5-2)9-12-13-10(16-9)11-8(14)6-15-3/h7H,4-6H2,1-3H3,(H,11,13,14). The second kappa shape index (κ2) is 6.55. The van der Waals surface area contributed by atoms with Crippen LogP contribution in [0.4, 0.5) is 5.13 Å². The Bertz CT molecular complexity index is 337. The SMILES string of the molecule is CCC(CC)c1nnc(NC(=O)COC)s1. The highest BCUT2D eigenvalue weighted by molar-refractivity contribution is 7.15. The number of carbonyl (C=O) groups excluding carboxylic acids is 1. The number of carbonyl (C=O) groups is 1. The average molecular weight is 243 g/mol. The van der Waals surface area contributed by atoms with Gasteiger partial charge in [0.25, 0.3) is 5.91 Å². The molecule has 5 nitrogen and oxygen atoms in total. The molecule has 16 heavy (non-hydrogen) atoms. The summed E-state index contributed by atoms with van der Waals surface area (Å²) in [6.07, 6.45) is 2.08. The summed E-state index contributed by atoms with van der Waals surface area (Å²) in [5.74, 6) is 0.236. The molecule has 1 aromatic rings. The van der Waals surface area contributed by atoms with Crippen molar-refractivity contribution in [1.29, 1.82) is 0 Å². The van der Waals surface area contributed by atoms with Crippen molar-refractivity contribution < 1.29 is 9.53 Å². The van der Waals surface area contributed by atoms with Crippen LogP contribution in [-0.2, 0) is 9.53 Å². The fourth-order valence-electron chi connectivity index (χ4n) is 1.37. The molecule has 0 aliphatic heterocycles. The number of methoxy groups -OCH3 is 1. The monoisotopic (exact) mass is 243 g/mol. The van der Waals surface area contributed by atoms with Gasteiger partial charge in [-0.2, -0.15) is 0 Å². The minimum atomic E-state index is -0.199. The van der Waals surface area contributed by atoms with E-state index >= 15 is 0 Å². The summed E-state index contributed by atoms with van der Waals surface area (Å²) in [7, 11) is 1.48. The normalized spacial score (nSPS) is 10.8. The topological polar surface area (TPSA) is 64.1 Å². The Morgan fingerprint density at radius 1 is 1.44 bits per heavy atom. The zero-order valence-corrected chi connectivity index (χ0v) is 10.6. The third-order valence-electron chi connectivity index (χ3n) is 2.30. The number of hydrogen-bond donors (Lipinski definition) is 1. The second-order valence-electron chi connectivity index (χ2n) is 3.44. The summed E-state index contributed by atoms with van der Waals surface area (Å²) >= 11 is 1.43. The van der Waals surface area contributed by atoms with Crippen molar-refractivity contribution in [2.24, 2.45) is 0 Å². The lowest BCUT2D eigenvalue weighted by Crippen LogP contribution is -2.16. The van der Waals surface area contributed by atoms with Crippen LogP contribution in [-0.4, -0.2) is 29.8 Å².